The first kappa shape index (κ1) is 24.7. The van der Waals surface area contributed by atoms with Gasteiger partial charge in [-0.3, -0.25) is 9.59 Å². The molecule has 34 heavy (non-hydrogen) atoms. The molecule has 0 unspecified atom stereocenters. The normalized spacial score (nSPS) is 19.3. The van der Waals surface area contributed by atoms with Gasteiger partial charge in [0.1, 0.15) is 5.75 Å². The molecule has 1 amide bonds. The van der Waals surface area contributed by atoms with E-state index in [1.165, 1.54) is 44.2 Å². The fourth-order valence-electron chi connectivity index (χ4n) is 5.30. The number of piperidine rings is 1. The van der Waals surface area contributed by atoms with Crippen LogP contribution < -0.4 is 16.2 Å². The number of rotatable bonds is 9. The minimum Gasteiger partial charge on any atom is -0.506 e. The predicted molar refractivity (Wildman–Crippen MR) is 133 cm³/mol. The Balaban J connectivity index is 1.17. The van der Waals surface area contributed by atoms with E-state index in [1.807, 2.05) is 0 Å². The fraction of sp³-hybridized carbons (Fsp3) is 0.615. The van der Waals surface area contributed by atoms with Crippen LogP contribution in [0.1, 0.15) is 63.0 Å². The highest BCUT2D eigenvalue weighted by molar-refractivity contribution is 5.87. The summed E-state index contributed by atoms with van der Waals surface area (Å²) in [6.07, 6.45) is 8.18. The predicted octanol–water partition coefficient (Wildman–Crippen LogP) is 2.41. The van der Waals surface area contributed by atoms with Crippen LogP contribution in [0.15, 0.2) is 29.1 Å². The molecule has 8 heteroatoms. The minimum atomic E-state index is -0.750. The lowest BCUT2D eigenvalue weighted by Gasteiger charge is -2.33. The summed E-state index contributed by atoms with van der Waals surface area (Å²) in [7, 11) is 0. The van der Waals surface area contributed by atoms with E-state index in [9.17, 15) is 19.8 Å². The van der Waals surface area contributed by atoms with Crippen LogP contribution in [0.4, 0.5) is 0 Å². The van der Waals surface area contributed by atoms with Crippen molar-refractivity contribution in [2.75, 3.05) is 32.7 Å². The van der Waals surface area contributed by atoms with Gasteiger partial charge in [0.05, 0.1) is 11.6 Å². The molecular formula is C26H38N4O4. The lowest BCUT2D eigenvalue weighted by Crippen LogP contribution is -2.44. The first-order valence-electron chi connectivity index (χ1n) is 12.7. The van der Waals surface area contributed by atoms with Crippen LogP contribution in [0.2, 0.25) is 0 Å². The monoisotopic (exact) mass is 470 g/mol. The van der Waals surface area contributed by atoms with Crippen LogP contribution in [0.3, 0.4) is 0 Å². The van der Waals surface area contributed by atoms with Crippen LogP contribution in [0, 0.1) is 5.92 Å². The van der Waals surface area contributed by atoms with E-state index in [-0.39, 0.29) is 17.2 Å². The van der Waals surface area contributed by atoms with Crippen LogP contribution in [-0.4, -0.2) is 64.8 Å². The molecule has 0 bridgehead atoms. The number of H-pyrrole nitrogens is 1. The van der Waals surface area contributed by atoms with E-state index in [0.717, 1.165) is 39.0 Å². The number of aromatic nitrogens is 1. The Morgan fingerprint density at radius 2 is 1.85 bits per heavy atom. The molecule has 5 N–H and O–H groups in total. The standard InChI is InChI=1S/C26H38N4O4/c31-22-8-6-20(21-7-9-25(34)29-26(21)22)23(32)17-27-19-10-13-30(14-11-19)15-12-24(33)28-16-18-4-2-1-3-5-18/h6-9,18-19,23,27,31-32H,1-5,10-17H2,(H,28,33)(H,29,34)/t23-/m0/s1. The van der Waals surface area contributed by atoms with Crippen molar-refractivity contribution in [3.63, 3.8) is 0 Å². The van der Waals surface area contributed by atoms with Gasteiger partial charge in [-0.1, -0.05) is 25.3 Å². The van der Waals surface area contributed by atoms with Crippen molar-refractivity contribution in [2.24, 2.45) is 5.92 Å². The molecule has 1 aliphatic carbocycles. The molecule has 2 heterocycles. The Morgan fingerprint density at radius 1 is 1.09 bits per heavy atom. The number of amides is 1. The Kier molecular flexibility index (Phi) is 8.59. The van der Waals surface area contributed by atoms with Gasteiger partial charge in [-0.2, -0.15) is 0 Å². The topological polar surface area (TPSA) is 118 Å². The number of pyridine rings is 1. The maximum atomic E-state index is 12.2. The first-order chi connectivity index (χ1) is 16.5. The molecule has 186 valence electrons. The lowest BCUT2D eigenvalue weighted by atomic mass is 9.89. The summed E-state index contributed by atoms with van der Waals surface area (Å²) in [6, 6.07) is 6.55. The van der Waals surface area contributed by atoms with Crippen molar-refractivity contribution < 1.29 is 15.0 Å². The SMILES string of the molecule is O=C(CCN1CCC(NC[C@H](O)c2ccc(O)c3[nH]c(=O)ccc23)CC1)NCC1CCCCC1. The number of aromatic hydroxyl groups is 1. The number of phenolic OH excluding ortho intramolecular Hbond substituents is 1. The third kappa shape index (κ3) is 6.58. The highest BCUT2D eigenvalue weighted by atomic mass is 16.3. The van der Waals surface area contributed by atoms with Crippen molar-refractivity contribution in [1.29, 1.82) is 0 Å². The number of nitrogens with zero attached hydrogens (tertiary/aromatic N) is 1. The smallest absolute Gasteiger partial charge is 0.248 e. The number of aromatic amines is 1. The summed E-state index contributed by atoms with van der Waals surface area (Å²) in [5, 5.41) is 28.0. The van der Waals surface area contributed by atoms with E-state index < -0.39 is 6.10 Å². The number of hydrogen-bond acceptors (Lipinski definition) is 6. The summed E-state index contributed by atoms with van der Waals surface area (Å²) < 4.78 is 0. The number of aliphatic hydroxyl groups excluding tert-OH is 1. The molecule has 1 aromatic heterocycles. The third-order valence-electron chi connectivity index (χ3n) is 7.42. The molecule has 1 aromatic carbocycles. The lowest BCUT2D eigenvalue weighted by molar-refractivity contribution is -0.121. The summed E-state index contributed by atoms with van der Waals surface area (Å²) in [5.41, 5.74) is 0.731. The molecular weight excluding hydrogens is 432 g/mol. The van der Waals surface area contributed by atoms with Gasteiger partial charge in [0, 0.05) is 43.5 Å². The van der Waals surface area contributed by atoms with Gasteiger partial charge in [-0.05, 0) is 62.4 Å². The van der Waals surface area contributed by atoms with Crippen LogP contribution in [-0.2, 0) is 4.79 Å². The maximum absolute atomic E-state index is 12.2. The molecule has 4 rings (SSSR count). The third-order valence-corrected chi connectivity index (χ3v) is 7.42. The summed E-state index contributed by atoms with van der Waals surface area (Å²) in [6.45, 7) is 3.90. The number of phenols is 1. The maximum Gasteiger partial charge on any atom is 0.248 e. The zero-order valence-electron chi connectivity index (χ0n) is 19.9. The number of benzene rings is 1. The second-order valence-corrected chi connectivity index (χ2v) is 9.88. The van der Waals surface area contributed by atoms with Gasteiger partial charge in [0.2, 0.25) is 11.5 Å². The van der Waals surface area contributed by atoms with Crippen molar-refractivity contribution in [3.8, 4) is 5.75 Å². The molecule has 1 atom stereocenters. The van der Waals surface area contributed by atoms with Gasteiger partial charge in [-0.25, -0.2) is 0 Å². The molecule has 8 nitrogen and oxygen atoms in total. The number of carbonyl (C=O) groups excluding carboxylic acids is 1. The number of likely N-dealkylation sites (tertiary alicyclic amines) is 1. The largest absolute Gasteiger partial charge is 0.506 e. The summed E-state index contributed by atoms with van der Waals surface area (Å²) >= 11 is 0. The number of carbonyl (C=O) groups is 1. The van der Waals surface area contributed by atoms with Crippen molar-refractivity contribution in [1.82, 2.24) is 20.5 Å². The Hall–Kier alpha value is -2.42. The molecule has 2 fully saturated rings. The zero-order chi connectivity index (χ0) is 23.9. The average Bonchev–Trinajstić information content (AvgIpc) is 2.86. The second-order valence-electron chi connectivity index (χ2n) is 9.88. The van der Waals surface area contributed by atoms with E-state index in [2.05, 4.69) is 20.5 Å². The van der Waals surface area contributed by atoms with Gasteiger partial charge in [0.25, 0.3) is 0 Å². The van der Waals surface area contributed by atoms with Crippen LogP contribution in [0.5, 0.6) is 5.75 Å². The Labute approximate surface area is 200 Å². The summed E-state index contributed by atoms with van der Waals surface area (Å²) in [5.74, 6) is 0.819. The Morgan fingerprint density at radius 3 is 2.62 bits per heavy atom. The van der Waals surface area contributed by atoms with Gasteiger partial charge < -0.3 is 30.7 Å². The minimum absolute atomic E-state index is 0.00773. The van der Waals surface area contributed by atoms with E-state index in [0.29, 0.717) is 41.4 Å². The highest BCUT2D eigenvalue weighted by Gasteiger charge is 2.21. The molecule has 0 spiro atoms. The number of aliphatic hydroxyl groups is 1. The van der Waals surface area contributed by atoms with E-state index >= 15 is 0 Å². The zero-order valence-corrected chi connectivity index (χ0v) is 19.9. The fourth-order valence-corrected chi connectivity index (χ4v) is 5.30. The van der Waals surface area contributed by atoms with Gasteiger partial charge >= 0.3 is 0 Å². The van der Waals surface area contributed by atoms with Gasteiger partial charge in [0.15, 0.2) is 0 Å². The molecule has 1 saturated heterocycles. The van der Waals surface area contributed by atoms with Crippen LogP contribution in [0.25, 0.3) is 10.9 Å². The number of nitrogens with one attached hydrogen (secondary N) is 3. The number of hydrogen-bond donors (Lipinski definition) is 5. The average molecular weight is 471 g/mol. The van der Waals surface area contributed by atoms with Crippen molar-refractivity contribution in [2.45, 2.75) is 63.5 Å². The van der Waals surface area contributed by atoms with Crippen molar-refractivity contribution >= 4 is 16.8 Å². The number of fused-ring (bicyclic) bond motifs is 1. The van der Waals surface area contributed by atoms with Crippen molar-refractivity contribution in [3.05, 3.63) is 40.2 Å². The van der Waals surface area contributed by atoms with Crippen LogP contribution >= 0.6 is 0 Å². The quantitative estimate of drug-likeness (QED) is 0.384. The molecule has 0 radical (unpaired) electrons. The highest BCUT2D eigenvalue weighted by Crippen LogP contribution is 2.28. The molecule has 2 aromatic rings. The second kappa shape index (κ2) is 11.8. The Bertz CT molecular complexity index is 1010. The molecule has 1 aliphatic heterocycles. The molecule has 2 aliphatic rings. The first-order valence-corrected chi connectivity index (χ1v) is 12.7. The van der Waals surface area contributed by atoms with Gasteiger partial charge in [-0.15, -0.1) is 0 Å². The van der Waals surface area contributed by atoms with E-state index in [1.54, 1.807) is 12.1 Å². The van der Waals surface area contributed by atoms with E-state index in [4.69, 9.17) is 0 Å². The molecule has 1 saturated carbocycles. The summed E-state index contributed by atoms with van der Waals surface area (Å²) in [4.78, 5) is 28.8.